The number of fused-ring (bicyclic) bond motifs is 1. The van der Waals surface area contributed by atoms with Gasteiger partial charge in [0.1, 0.15) is 22.2 Å². The molecular weight excluding hydrogens is 636 g/mol. The van der Waals surface area contributed by atoms with Gasteiger partial charge in [0.15, 0.2) is 0 Å². The molecule has 2 heterocycles. The Bertz CT molecular complexity index is 2040. The zero-order valence-corrected chi connectivity index (χ0v) is 28.5. The number of ketones is 1. The van der Waals surface area contributed by atoms with Crippen molar-refractivity contribution in [3.05, 3.63) is 121 Å². The smallest absolute Gasteiger partial charge is 0.337 e. The zero-order valence-electron chi connectivity index (χ0n) is 27.7. The average molecular weight is 676 g/mol. The van der Waals surface area contributed by atoms with E-state index < -0.39 is 35.0 Å². The van der Waals surface area contributed by atoms with Crippen molar-refractivity contribution < 1.29 is 23.4 Å². The van der Waals surface area contributed by atoms with Crippen molar-refractivity contribution in [3.8, 4) is 16.1 Å². The van der Waals surface area contributed by atoms with E-state index in [1.165, 1.54) is 22.0 Å². The van der Waals surface area contributed by atoms with E-state index in [1.807, 2.05) is 43.1 Å². The monoisotopic (exact) mass is 675 g/mol. The van der Waals surface area contributed by atoms with Gasteiger partial charge in [0.25, 0.3) is 5.56 Å². The van der Waals surface area contributed by atoms with Crippen molar-refractivity contribution >= 4 is 27.3 Å². The fourth-order valence-electron chi connectivity index (χ4n) is 5.60. The Morgan fingerprint density at radius 1 is 0.979 bits per heavy atom. The van der Waals surface area contributed by atoms with Crippen LogP contribution in [0.1, 0.15) is 49.4 Å². The average Bonchev–Trinajstić information content (AvgIpc) is 3.42. The second-order valence-electron chi connectivity index (χ2n) is 12.4. The van der Waals surface area contributed by atoms with Crippen molar-refractivity contribution in [2.24, 2.45) is 0 Å². The second kappa shape index (κ2) is 14.4. The molecule has 1 N–H and O–H groups in total. The molecule has 0 aliphatic carbocycles. The number of carbonyl (C=O) groups excluding carboxylic acids is 1. The number of ether oxygens (including phenoxy) is 1. The number of aliphatic hydroxyl groups is 1. The third-order valence-electron chi connectivity index (χ3n) is 8.40. The number of hydrogen-bond donors (Lipinski definition) is 1. The van der Waals surface area contributed by atoms with Gasteiger partial charge in [-0.2, -0.15) is 0 Å². The zero-order chi connectivity index (χ0) is 34.7. The maximum atomic E-state index is 15.0. The molecule has 0 aliphatic rings. The van der Waals surface area contributed by atoms with Crippen LogP contribution in [0.5, 0.6) is 0 Å². The van der Waals surface area contributed by atoms with Gasteiger partial charge in [-0.3, -0.25) is 19.1 Å². The first-order chi connectivity index (χ1) is 22.8. The molecule has 5 aromatic rings. The third-order valence-corrected chi connectivity index (χ3v) is 9.70. The van der Waals surface area contributed by atoms with Crippen LogP contribution in [0, 0.1) is 11.6 Å². The molecule has 0 saturated carbocycles. The molecule has 2 aromatic heterocycles. The molecular formula is C37H39F2N3O5S. The lowest BCUT2D eigenvalue weighted by Gasteiger charge is -2.19. The van der Waals surface area contributed by atoms with Crippen molar-refractivity contribution in [1.82, 2.24) is 14.0 Å². The molecule has 8 nitrogen and oxygen atoms in total. The highest BCUT2D eigenvalue weighted by Gasteiger charge is 2.26. The molecule has 0 spiro atoms. The van der Waals surface area contributed by atoms with E-state index in [4.69, 9.17) is 4.74 Å². The Labute approximate surface area is 281 Å². The minimum absolute atomic E-state index is 0.116. The lowest BCUT2D eigenvalue weighted by molar-refractivity contribution is -0.118. The maximum Gasteiger partial charge on any atom is 0.337 e. The lowest BCUT2D eigenvalue weighted by atomic mass is 9.98. The summed E-state index contributed by atoms with van der Waals surface area (Å²) < 4.78 is 37.6. The minimum Gasteiger partial charge on any atom is -0.386 e. The summed E-state index contributed by atoms with van der Waals surface area (Å²) in [4.78, 5) is 43.9. The molecule has 0 bridgehead atoms. The van der Waals surface area contributed by atoms with Gasteiger partial charge in [0, 0.05) is 43.5 Å². The first kappa shape index (κ1) is 35.0. The van der Waals surface area contributed by atoms with Crippen LogP contribution in [0.25, 0.3) is 26.3 Å². The number of thiophene rings is 1. The molecule has 11 heteroatoms. The van der Waals surface area contributed by atoms with Gasteiger partial charge in [0.2, 0.25) is 0 Å². The number of halogens is 2. The predicted octanol–water partition coefficient (Wildman–Crippen LogP) is 6.03. The second-order valence-corrected chi connectivity index (χ2v) is 13.4. The van der Waals surface area contributed by atoms with Crippen LogP contribution >= 0.6 is 11.3 Å². The van der Waals surface area contributed by atoms with Crippen molar-refractivity contribution in [3.63, 3.8) is 0 Å². The SMILES string of the molecule is CCC(=O)Cc1ccc(-c2sc3c(c2CN(C)CCOC)c(=O)n(-c2ccc(C(C)(C)O)cc2)c(=O)n3Cc2c(F)cccc2F)cc1. The van der Waals surface area contributed by atoms with Crippen molar-refractivity contribution in [2.45, 2.75) is 52.3 Å². The first-order valence-corrected chi connectivity index (χ1v) is 16.5. The number of carbonyl (C=O) groups is 1. The summed E-state index contributed by atoms with van der Waals surface area (Å²) in [5.41, 5.74) is 0.325. The minimum atomic E-state index is -1.16. The van der Waals surface area contributed by atoms with Gasteiger partial charge in [-0.05, 0) is 67.4 Å². The van der Waals surface area contributed by atoms with Crippen LogP contribution in [0.3, 0.4) is 0 Å². The molecule has 5 rings (SSSR count). The molecule has 0 fully saturated rings. The molecule has 0 radical (unpaired) electrons. The molecule has 0 atom stereocenters. The van der Waals surface area contributed by atoms with Gasteiger partial charge in [-0.25, -0.2) is 18.1 Å². The van der Waals surface area contributed by atoms with Crippen LogP contribution in [-0.2, 0) is 34.6 Å². The third kappa shape index (κ3) is 7.24. The Kier molecular flexibility index (Phi) is 10.5. The Morgan fingerprint density at radius 2 is 1.62 bits per heavy atom. The Hall–Kier alpha value is -4.29. The standard InChI is InChI=1S/C37H39F2N3O5S/c1-6-27(43)20-23-10-12-24(13-11-23)33-29(21-40(4)18-19-47-5)32-34(44)42(26-16-14-25(15-17-26)37(2,3)46)36(45)41(35(32)48-33)22-28-30(38)8-7-9-31(28)39/h7-17,46H,6,18-22H2,1-5H3. The normalized spacial score (nSPS) is 11.9. The molecule has 0 saturated heterocycles. The first-order valence-electron chi connectivity index (χ1n) is 15.7. The highest BCUT2D eigenvalue weighted by Crippen LogP contribution is 2.38. The molecule has 0 amide bonds. The van der Waals surface area contributed by atoms with Gasteiger partial charge in [-0.15, -0.1) is 11.3 Å². The summed E-state index contributed by atoms with van der Waals surface area (Å²) in [5.74, 6) is -1.50. The van der Waals surface area contributed by atoms with E-state index in [-0.39, 0.29) is 27.3 Å². The highest BCUT2D eigenvalue weighted by atomic mass is 32.1. The quantitative estimate of drug-likeness (QED) is 0.164. The van der Waals surface area contributed by atoms with Crippen LogP contribution in [-0.4, -0.2) is 52.2 Å². The van der Waals surface area contributed by atoms with E-state index in [9.17, 15) is 19.5 Å². The lowest BCUT2D eigenvalue weighted by Crippen LogP contribution is -2.39. The fraction of sp³-hybridized carbons (Fsp3) is 0.324. The summed E-state index contributed by atoms with van der Waals surface area (Å²) >= 11 is 1.21. The van der Waals surface area contributed by atoms with Gasteiger partial charge in [-0.1, -0.05) is 49.4 Å². The highest BCUT2D eigenvalue weighted by molar-refractivity contribution is 7.22. The summed E-state index contributed by atoms with van der Waals surface area (Å²) in [7, 11) is 3.50. The summed E-state index contributed by atoms with van der Waals surface area (Å²) in [6.07, 6.45) is 0.740. The van der Waals surface area contributed by atoms with Crippen molar-refractivity contribution in [1.29, 1.82) is 0 Å². The van der Waals surface area contributed by atoms with Crippen LogP contribution in [0.4, 0.5) is 8.78 Å². The number of methoxy groups -OCH3 is 1. The van der Waals surface area contributed by atoms with E-state index in [1.54, 1.807) is 45.2 Å². The molecule has 48 heavy (non-hydrogen) atoms. The summed E-state index contributed by atoms with van der Waals surface area (Å²) in [6, 6.07) is 17.4. The Morgan fingerprint density at radius 3 is 2.21 bits per heavy atom. The number of aromatic nitrogens is 2. The molecule has 0 aliphatic heterocycles. The van der Waals surface area contributed by atoms with Gasteiger partial charge < -0.3 is 9.84 Å². The summed E-state index contributed by atoms with van der Waals surface area (Å²) in [6.45, 7) is 5.94. The van der Waals surface area contributed by atoms with Crippen molar-refractivity contribution in [2.75, 3.05) is 27.3 Å². The van der Waals surface area contributed by atoms with Crippen LogP contribution < -0.4 is 11.2 Å². The maximum absolute atomic E-state index is 15.0. The Balaban J connectivity index is 1.81. The number of rotatable bonds is 13. The fourth-order valence-corrected chi connectivity index (χ4v) is 6.91. The number of Topliss-reactive ketones (excluding diaryl/α,β-unsaturated/α-hetero) is 1. The van der Waals surface area contributed by atoms with E-state index in [0.29, 0.717) is 43.7 Å². The van der Waals surface area contributed by atoms with E-state index >= 15 is 8.78 Å². The number of nitrogens with zero attached hydrogens (tertiary/aromatic N) is 3. The van der Waals surface area contributed by atoms with E-state index in [2.05, 4.69) is 0 Å². The molecule has 252 valence electrons. The largest absolute Gasteiger partial charge is 0.386 e. The van der Waals surface area contributed by atoms with Crippen LogP contribution in [0.15, 0.2) is 76.3 Å². The predicted molar refractivity (Wildman–Crippen MR) is 185 cm³/mol. The van der Waals surface area contributed by atoms with Crippen LogP contribution in [0.2, 0.25) is 0 Å². The van der Waals surface area contributed by atoms with E-state index in [0.717, 1.165) is 32.7 Å². The molecule has 0 unspecified atom stereocenters. The number of hydrogen-bond acceptors (Lipinski definition) is 7. The topological polar surface area (TPSA) is 93.8 Å². The van der Waals surface area contributed by atoms with Gasteiger partial charge in [0.05, 0.1) is 29.8 Å². The summed E-state index contributed by atoms with van der Waals surface area (Å²) in [5, 5.41) is 10.7. The molecule has 3 aromatic carbocycles. The number of benzene rings is 3. The van der Waals surface area contributed by atoms with Gasteiger partial charge >= 0.3 is 5.69 Å². The number of likely N-dealkylation sites (N-methyl/N-ethyl adjacent to an activating group) is 1.